The van der Waals surface area contributed by atoms with Crippen molar-refractivity contribution in [3.8, 4) is 0 Å². The summed E-state index contributed by atoms with van der Waals surface area (Å²) < 4.78 is 6.24. The zero-order valence-corrected chi connectivity index (χ0v) is 12.2. The largest absolute Gasteiger partial charge is 0.414 e. The Morgan fingerprint density at radius 2 is 1.75 bits per heavy atom. The molecule has 96 valence electrons. The Balaban J connectivity index is 2.57. The molecule has 4 heteroatoms. The van der Waals surface area contributed by atoms with Gasteiger partial charge in [0, 0.05) is 19.1 Å². The van der Waals surface area contributed by atoms with Crippen LogP contribution in [-0.2, 0) is 4.43 Å². The van der Waals surface area contributed by atoms with Crippen molar-refractivity contribution in [1.82, 2.24) is 0 Å². The second-order valence-electron chi connectivity index (χ2n) is 6.44. The second-order valence-corrected chi connectivity index (χ2v) is 11.2. The van der Waals surface area contributed by atoms with Crippen molar-refractivity contribution in [2.45, 2.75) is 51.4 Å². The van der Waals surface area contributed by atoms with Gasteiger partial charge in [-0.3, -0.25) is 0 Å². The first-order valence-corrected chi connectivity index (χ1v) is 9.03. The molecule has 0 aliphatic heterocycles. The first kappa shape index (κ1) is 14.2. The Morgan fingerprint density at radius 3 is 2.12 bits per heavy atom. The molecule has 2 N–H and O–H groups in total. The minimum Gasteiger partial charge on any atom is -0.414 e. The van der Waals surface area contributed by atoms with Crippen LogP contribution in [0.5, 0.6) is 0 Å². The average Bonchev–Trinajstić information content (AvgIpc) is 2.10. The highest BCUT2D eigenvalue weighted by Crippen LogP contribution is 2.43. The Labute approximate surface area is 100.0 Å². The molecule has 1 aliphatic carbocycles. The second kappa shape index (κ2) is 4.76. The molecule has 0 amide bonds. The summed E-state index contributed by atoms with van der Waals surface area (Å²) in [6.07, 6.45) is 1.05. The minimum atomic E-state index is -1.73. The zero-order chi connectivity index (χ0) is 12.6. The molecule has 3 atom stereocenters. The van der Waals surface area contributed by atoms with Gasteiger partial charge in [0.15, 0.2) is 8.32 Å². The third-order valence-corrected chi connectivity index (χ3v) is 8.82. The quantitative estimate of drug-likeness (QED) is 0.746. The van der Waals surface area contributed by atoms with Crippen LogP contribution in [0.1, 0.15) is 27.2 Å². The predicted octanol–water partition coefficient (Wildman–Crippen LogP) is 2.00. The Bertz CT molecular complexity index is 235. The van der Waals surface area contributed by atoms with Gasteiger partial charge in [0.05, 0.1) is 6.10 Å². The molecule has 1 rings (SSSR count). The molecule has 0 unspecified atom stereocenters. The van der Waals surface area contributed by atoms with Gasteiger partial charge >= 0.3 is 0 Å². The number of aliphatic hydroxyl groups is 2. The molecular weight excluding hydrogens is 220 g/mol. The molecule has 0 heterocycles. The van der Waals surface area contributed by atoms with E-state index in [-0.39, 0.29) is 36.2 Å². The normalized spacial score (nSPS) is 31.3. The average molecular weight is 246 g/mol. The molecule has 1 aliphatic rings. The number of rotatable bonds is 4. The van der Waals surface area contributed by atoms with Crippen molar-refractivity contribution < 1.29 is 14.6 Å². The first-order valence-electron chi connectivity index (χ1n) is 6.12. The molecule has 0 aromatic heterocycles. The van der Waals surface area contributed by atoms with Gasteiger partial charge in [-0.05, 0) is 30.5 Å². The first-order chi connectivity index (χ1) is 7.23. The monoisotopic (exact) mass is 246 g/mol. The van der Waals surface area contributed by atoms with E-state index in [1.807, 2.05) is 0 Å². The maximum absolute atomic E-state index is 9.28. The van der Waals surface area contributed by atoms with Crippen LogP contribution < -0.4 is 0 Å². The molecule has 0 bridgehead atoms. The van der Waals surface area contributed by atoms with Gasteiger partial charge in [0.25, 0.3) is 0 Å². The van der Waals surface area contributed by atoms with Crippen molar-refractivity contribution in [2.75, 3.05) is 13.2 Å². The van der Waals surface area contributed by atoms with Crippen LogP contribution >= 0.6 is 0 Å². The maximum atomic E-state index is 9.28. The molecule has 0 spiro atoms. The third kappa shape index (κ3) is 2.67. The van der Waals surface area contributed by atoms with E-state index < -0.39 is 8.32 Å². The van der Waals surface area contributed by atoms with Crippen LogP contribution in [0.25, 0.3) is 0 Å². The van der Waals surface area contributed by atoms with E-state index in [9.17, 15) is 5.11 Å². The Morgan fingerprint density at radius 1 is 1.19 bits per heavy atom. The SMILES string of the molecule is CC(C)(C)[Si](C)(C)O[C@H]1C[C@H](CO)[C@H]1CO. The van der Waals surface area contributed by atoms with E-state index in [0.29, 0.717) is 0 Å². The van der Waals surface area contributed by atoms with Gasteiger partial charge in [-0.1, -0.05) is 20.8 Å². The van der Waals surface area contributed by atoms with Crippen LogP contribution in [0.4, 0.5) is 0 Å². The Kier molecular flexibility index (Phi) is 4.22. The van der Waals surface area contributed by atoms with E-state index in [1.165, 1.54) is 0 Å². The molecule has 0 radical (unpaired) electrons. The molecule has 3 nitrogen and oxygen atoms in total. The topological polar surface area (TPSA) is 49.7 Å². The zero-order valence-electron chi connectivity index (χ0n) is 11.2. The highest BCUT2D eigenvalue weighted by atomic mass is 28.4. The van der Waals surface area contributed by atoms with Crippen molar-refractivity contribution in [1.29, 1.82) is 0 Å². The van der Waals surface area contributed by atoms with E-state index in [1.54, 1.807) is 0 Å². The predicted molar refractivity (Wildman–Crippen MR) is 67.8 cm³/mol. The summed E-state index contributed by atoms with van der Waals surface area (Å²) >= 11 is 0. The minimum absolute atomic E-state index is 0.129. The summed E-state index contributed by atoms with van der Waals surface area (Å²) in [6, 6.07) is 0. The fraction of sp³-hybridized carbons (Fsp3) is 1.00. The highest BCUT2D eigenvalue weighted by molar-refractivity contribution is 6.74. The lowest BCUT2D eigenvalue weighted by Crippen LogP contribution is -2.54. The summed E-state index contributed by atoms with van der Waals surface area (Å²) in [5.74, 6) is 0.374. The third-order valence-electron chi connectivity index (χ3n) is 4.32. The van der Waals surface area contributed by atoms with Crippen LogP contribution in [-0.4, -0.2) is 37.8 Å². The molecule has 0 aromatic rings. The standard InChI is InChI=1S/C12H26O3Si/c1-12(2,3)16(4,5)15-11-6-9(7-13)10(11)8-14/h9-11,13-14H,6-8H2,1-5H3/t9-,10-,11+/m1/s1. The van der Waals surface area contributed by atoms with Crippen molar-refractivity contribution >= 4 is 8.32 Å². The van der Waals surface area contributed by atoms with Gasteiger partial charge in [-0.25, -0.2) is 0 Å². The number of aliphatic hydroxyl groups excluding tert-OH is 2. The van der Waals surface area contributed by atoms with Crippen molar-refractivity contribution in [3.63, 3.8) is 0 Å². The molecule has 16 heavy (non-hydrogen) atoms. The van der Waals surface area contributed by atoms with Crippen molar-refractivity contribution in [2.24, 2.45) is 11.8 Å². The molecular formula is C12H26O3Si. The van der Waals surface area contributed by atoms with Gasteiger partial charge in [0.2, 0.25) is 0 Å². The van der Waals surface area contributed by atoms with Crippen LogP contribution in [0.2, 0.25) is 18.1 Å². The lowest BCUT2D eigenvalue weighted by Gasteiger charge is -2.49. The van der Waals surface area contributed by atoms with E-state index in [4.69, 9.17) is 9.53 Å². The van der Waals surface area contributed by atoms with Gasteiger partial charge in [-0.2, -0.15) is 0 Å². The summed E-state index contributed by atoms with van der Waals surface area (Å²) in [4.78, 5) is 0. The van der Waals surface area contributed by atoms with Crippen LogP contribution in [0, 0.1) is 11.8 Å². The van der Waals surface area contributed by atoms with Gasteiger partial charge in [0.1, 0.15) is 0 Å². The molecule has 0 aromatic carbocycles. The maximum Gasteiger partial charge on any atom is 0.192 e. The van der Waals surface area contributed by atoms with Crippen molar-refractivity contribution in [3.05, 3.63) is 0 Å². The number of hydrogen-bond donors (Lipinski definition) is 2. The summed E-state index contributed by atoms with van der Waals surface area (Å²) in [5, 5.41) is 18.6. The van der Waals surface area contributed by atoms with Gasteiger partial charge in [-0.15, -0.1) is 0 Å². The van der Waals surface area contributed by atoms with E-state index in [2.05, 4.69) is 33.9 Å². The lowest BCUT2D eigenvalue weighted by molar-refractivity contribution is -0.0700. The van der Waals surface area contributed by atoms with Crippen LogP contribution in [0.15, 0.2) is 0 Å². The molecule has 0 saturated heterocycles. The smallest absolute Gasteiger partial charge is 0.192 e. The fourth-order valence-corrected chi connectivity index (χ4v) is 3.30. The Hall–Kier alpha value is 0.0969. The van der Waals surface area contributed by atoms with E-state index in [0.717, 1.165) is 6.42 Å². The van der Waals surface area contributed by atoms with E-state index >= 15 is 0 Å². The summed E-state index contributed by atoms with van der Waals surface area (Å²) in [6.45, 7) is 11.4. The number of hydrogen-bond acceptors (Lipinski definition) is 3. The molecule has 1 fully saturated rings. The summed E-state index contributed by atoms with van der Waals surface area (Å²) in [7, 11) is -1.73. The fourth-order valence-electron chi connectivity index (χ4n) is 1.92. The summed E-state index contributed by atoms with van der Waals surface area (Å²) in [5.41, 5.74) is 0. The lowest BCUT2D eigenvalue weighted by atomic mass is 9.72. The highest BCUT2D eigenvalue weighted by Gasteiger charge is 2.47. The van der Waals surface area contributed by atoms with Gasteiger partial charge < -0.3 is 14.6 Å². The molecule has 1 saturated carbocycles. The van der Waals surface area contributed by atoms with Crippen LogP contribution in [0.3, 0.4) is 0 Å².